The molecule has 0 saturated heterocycles. The standard InChI is InChI=1S/C16H22N2/c1-17-10-4-5-14-12-18(11-13-8-9-13)16-7-3-2-6-15(14)16/h2-3,6-7,12-13,17H,4-5,8-11H2,1H3. The molecule has 0 amide bonds. The summed E-state index contributed by atoms with van der Waals surface area (Å²) in [5.74, 6) is 0.936. The lowest BCUT2D eigenvalue weighted by atomic mass is 10.1. The molecule has 2 nitrogen and oxygen atoms in total. The molecule has 0 aliphatic heterocycles. The number of nitrogens with zero attached hydrogens (tertiary/aromatic N) is 1. The molecule has 1 aromatic heterocycles. The maximum atomic E-state index is 3.23. The third-order valence-corrected chi connectivity index (χ3v) is 3.90. The van der Waals surface area contributed by atoms with Crippen molar-refractivity contribution in [3.8, 4) is 0 Å². The molecule has 0 bridgehead atoms. The fraction of sp³-hybridized carbons (Fsp3) is 0.500. The first kappa shape index (κ1) is 11.8. The highest BCUT2D eigenvalue weighted by Crippen LogP contribution is 2.33. The summed E-state index contributed by atoms with van der Waals surface area (Å²) < 4.78 is 2.47. The molecule has 0 spiro atoms. The van der Waals surface area contributed by atoms with E-state index >= 15 is 0 Å². The number of fused-ring (bicyclic) bond motifs is 1. The van der Waals surface area contributed by atoms with Crippen molar-refractivity contribution in [1.29, 1.82) is 0 Å². The van der Waals surface area contributed by atoms with Gasteiger partial charge in [0.25, 0.3) is 0 Å². The van der Waals surface area contributed by atoms with Crippen LogP contribution in [0.4, 0.5) is 0 Å². The van der Waals surface area contributed by atoms with Gasteiger partial charge < -0.3 is 9.88 Å². The SMILES string of the molecule is CNCCCc1cn(CC2CC2)c2ccccc12. The summed E-state index contributed by atoms with van der Waals surface area (Å²) in [7, 11) is 2.02. The predicted molar refractivity (Wildman–Crippen MR) is 76.9 cm³/mol. The van der Waals surface area contributed by atoms with Crippen molar-refractivity contribution in [1.82, 2.24) is 9.88 Å². The molecule has 3 rings (SSSR count). The number of hydrogen-bond acceptors (Lipinski definition) is 1. The third kappa shape index (κ3) is 2.44. The molecule has 2 aromatic rings. The van der Waals surface area contributed by atoms with E-state index in [1.807, 2.05) is 7.05 Å². The molecule has 0 unspecified atom stereocenters. The van der Waals surface area contributed by atoms with Crippen LogP contribution in [0.1, 0.15) is 24.8 Å². The normalized spacial score (nSPS) is 15.4. The Hall–Kier alpha value is -1.28. The topological polar surface area (TPSA) is 17.0 Å². The van der Waals surface area contributed by atoms with Gasteiger partial charge in [-0.1, -0.05) is 18.2 Å². The summed E-state index contributed by atoms with van der Waals surface area (Å²) in [6.07, 6.45) is 7.62. The van der Waals surface area contributed by atoms with E-state index in [4.69, 9.17) is 0 Å². The largest absolute Gasteiger partial charge is 0.347 e. The summed E-state index contributed by atoms with van der Waals surface area (Å²) in [6.45, 7) is 2.31. The number of nitrogens with one attached hydrogen (secondary N) is 1. The van der Waals surface area contributed by atoms with Gasteiger partial charge in [-0.2, -0.15) is 0 Å². The quantitative estimate of drug-likeness (QED) is 0.770. The molecule has 2 heteroatoms. The molecular formula is C16H22N2. The second-order valence-electron chi connectivity index (χ2n) is 5.47. The van der Waals surface area contributed by atoms with Gasteiger partial charge in [-0.3, -0.25) is 0 Å². The zero-order chi connectivity index (χ0) is 12.4. The molecule has 0 atom stereocenters. The Balaban J connectivity index is 1.87. The zero-order valence-corrected chi connectivity index (χ0v) is 11.2. The number of benzene rings is 1. The van der Waals surface area contributed by atoms with Crippen LogP contribution in [-0.4, -0.2) is 18.2 Å². The van der Waals surface area contributed by atoms with Crippen LogP contribution in [0.5, 0.6) is 0 Å². The van der Waals surface area contributed by atoms with Crippen molar-refractivity contribution < 1.29 is 0 Å². The lowest BCUT2D eigenvalue weighted by Gasteiger charge is -2.02. The van der Waals surface area contributed by atoms with Crippen molar-refractivity contribution in [2.24, 2.45) is 5.92 Å². The molecule has 1 aliphatic carbocycles. The van der Waals surface area contributed by atoms with E-state index < -0.39 is 0 Å². The van der Waals surface area contributed by atoms with Gasteiger partial charge in [0, 0.05) is 23.6 Å². The Morgan fingerprint density at radius 3 is 2.89 bits per heavy atom. The molecule has 1 aromatic carbocycles. The van der Waals surface area contributed by atoms with Gasteiger partial charge in [-0.25, -0.2) is 0 Å². The first-order valence-electron chi connectivity index (χ1n) is 7.10. The van der Waals surface area contributed by atoms with E-state index in [2.05, 4.69) is 40.3 Å². The monoisotopic (exact) mass is 242 g/mol. The van der Waals surface area contributed by atoms with Crippen LogP contribution in [0.2, 0.25) is 0 Å². The number of aryl methyl sites for hydroxylation is 1. The smallest absolute Gasteiger partial charge is 0.0483 e. The fourth-order valence-electron chi connectivity index (χ4n) is 2.71. The minimum absolute atomic E-state index is 0.936. The minimum atomic E-state index is 0.936. The zero-order valence-electron chi connectivity index (χ0n) is 11.2. The van der Waals surface area contributed by atoms with E-state index in [9.17, 15) is 0 Å². The van der Waals surface area contributed by atoms with Gasteiger partial charge in [-0.05, 0) is 56.8 Å². The van der Waals surface area contributed by atoms with Crippen LogP contribution < -0.4 is 5.32 Å². The van der Waals surface area contributed by atoms with Crippen LogP contribution in [-0.2, 0) is 13.0 Å². The molecule has 1 heterocycles. The molecule has 96 valence electrons. The Kier molecular flexibility index (Phi) is 3.37. The van der Waals surface area contributed by atoms with E-state index in [1.165, 1.54) is 48.7 Å². The highest BCUT2D eigenvalue weighted by atomic mass is 15.0. The highest BCUT2D eigenvalue weighted by Gasteiger charge is 2.22. The van der Waals surface area contributed by atoms with Crippen LogP contribution in [0, 0.1) is 5.92 Å². The van der Waals surface area contributed by atoms with Gasteiger partial charge >= 0.3 is 0 Å². The van der Waals surface area contributed by atoms with Crippen molar-refractivity contribution in [3.63, 3.8) is 0 Å². The highest BCUT2D eigenvalue weighted by molar-refractivity contribution is 5.84. The summed E-state index contributed by atoms with van der Waals surface area (Å²) in [5, 5.41) is 4.68. The van der Waals surface area contributed by atoms with Crippen molar-refractivity contribution in [2.45, 2.75) is 32.2 Å². The average molecular weight is 242 g/mol. The number of aromatic nitrogens is 1. The van der Waals surface area contributed by atoms with Gasteiger partial charge in [0.1, 0.15) is 0 Å². The van der Waals surface area contributed by atoms with Crippen LogP contribution in [0.25, 0.3) is 10.9 Å². The summed E-state index contributed by atoms with van der Waals surface area (Å²) in [4.78, 5) is 0. The number of hydrogen-bond donors (Lipinski definition) is 1. The fourth-order valence-corrected chi connectivity index (χ4v) is 2.71. The lowest BCUT2D eigenvalue weighted by molar-refractivity contribution is 0.643. The van der Waals surface area contributed by atoms with Gasteiger partial charge in [0.15, 0.2) is 0 Å². The maximum absolute atomic E-state index is 3.23. The van der Waals surface area contributed by atoms with Crippen LogP contribution in [0.3, 0.4) is 0 Å². The lowest BCUT2D eigenvalue weighted by Crippen LogP contribution is -2.08. The Morgan fingerprint density at radius 1 is 1.28 bits per heavy atom. The second-order valence-corrected chi connectivity index (χ2v) is 5.47. The predicted octanol–water partition coefficient (Wildman–Crippen LogP) is 3.20. The van der Waals surface area contributed by atoms with E-state index in [-0.39, 0.29) is 0 Å². The summed E-state index contributed by atoms with van der Waals surface area (Å²) in [5.41, 5.74) is 2.94. The number of rotatable bonds is 6. The van der Waals surface area contributed by atoms with Crippen molar-refractivity contribution in [2.75, 3.05) is 13.6 Å². The van der Waals surface area contributed by atoms with E-state index in [1.54, 1.807) is 0 Å². The van der Waals surface area contributed by atoms with Gasteiger partial charge in [0.05, 0.1) is 0 Å². The van der Waals surface area contributed by atoms with E-state index in [0.717, 1.165) is 12.5 Å². The first-order chi connectivity index (χ1) is 8.88. The Labute approximate surface area is 109 Å². The Bertz CT molecular complexity index is 523. The molecular weight excluding hydrogens is 220 g/mol. The number of para-hydroxylation sites is 1. The second kappa shape index (κ2) is 5.15. The van der Waals surface area contributed by atoms with Crippen LogP contribution in [0.15, 0.2) is 30.5 Å². The van der Waals surface area contributed by atoms with E-state index in [0.29, 0.717) is 0 Å². The first-order valence-corrected chi connectivity index (χ1v) is 7.10. The molecule has 0 radical (unpaired) electrons. The van der Waals surface area contributed by atoms with Gasteiger partial charge in [-0.15, -0.1) is 0 Å². The van der Waals surface area contributed by atoms with Crippen molar-refractivity contribution in [3.05, 3.63) is 36.0 Å². The molecule has 18 heavy (non-hydrogen) atoms. The Morgan fingerprint density at radius 2 is 2.11 bits per heavy atom. The molecule has 1 fully saturated rings. The van der Waals surface area contributed by atoms with Crippen LogP contribution >= 0.6 is 0 Å². The summed E-state index contributed by atoms with van der Waals surface area (Å²) >= 11 is 0. The third-order valence-electron chi connectivity index (χ3n) is 3.90. The molecule has 1 saturated carbocycles. The molecule has 1 N–H and O–H groups in total. The maximum Gasteiger partial charge on any atom is 0.0483 e. The molecule has 1 aliphatic rings. The van der Waals surface area contributed by atoms with Gasteiger partial charge in [0.2, 0.25) is 0 Å². The average Bonchev–Trinajstić information content (AvgIpc) is 3.14. The van der Waals surface area contributed by atoms with Crippen molar-refractivity contribution >= 4 is 10.9 Å². The summed E-state index contributed by atoms with van der Waals surface area (Å²) in [6, 6.07) is 8.85. The minimum Gasteiger partial charge on any atom is -0.347 e.